The lowest BCUT2D eigenvalue weighted by atomic mass is 9.92. The molecule has 0 bridgehead atoms. The van der Waals surface area contributed by atoms with Crippen LogP contribution in [0, 0.1) is 6.92 Å². The minimum Gasteiger partial charge on any atom is -0.481 e. The first kappa shape index (κ1) is 17.0. The molecule has 0 heterocycles. The van der Waals surface area contributed by atoms with Crippen LogP contribution in [-0.4, -0.2) is 12.0 Å². The van der Waals surface area contributed by atoms with E-state index in [0.717, 1.165) is 34.3 Å². The summed E-state index contributed by atoms with van der Waals surface area (Å²) in [4.78, 5) is 12.4. The van der Waals surface area contributed by atoms with Crippen molar-refractivity contribution in [2.75, 3.05) is 5.32 Å². The number of halogens is 1. The zero-order chi connectivity index (χ0) is 17.1. The highest BCUT2D eigenvalue weighted by Crippen LogP contribution is 2.26. The lowest BCUT2D eigenvalue weighted by molar-refractivity contribution is -0.122. The SMILES string of the molecule is Cc1cc(NC(=O)C(C)Oc2ccc3c(c2)CCCC3)ccc1Br. The van der Waals surface area contributed by atoms with Crippen molar-refractivity contribution in [3.8, 4) is 5.75 Å². The molecule has 0 fully saturated rings. The highest BCUT2D eigenvalue weighted by atomic mass is 79.9. The molecular weight excluding hydrogens is 366 g/mol. The van der Waals surface area contributed by atoms with E-state index in [4.69, 9.17) is 4.74 Å². The first-order chi connectivity index (χ1) is 11.5. The molecular formula is C20H22BrNO2. The number of nitrogens with one attached hydrogen (secondary N) is 1. The molecule has 1 aliphatic rings. The molecule has 3 nitrogen and oxygen atoms in total. The second kappa shape index (κ2) is 7.39. The van der Waals surface area contributed by atoms with Crippen LogP contribution < -0.4 is 10.1 Å². The van der Waals surface area contributed by atoms with Gasteiger partial charge in [-0.2, -0.15) is 0 Å². The summed E-state index contributed by atoms with van der Waals surface area (Å²) in [6, 6.07) is 11.9. The number of carbonyl (C=O) groups is 1. The first-order valence-electron chi connectivity index (χ1n) is 8.38. The molecule has 0 aromatic heterocycles. The van der Waals surface area contributed by atoms with E-state index in [9.17, 15) is 4.79 Å². The molecule has 0 aliphatic heterocycles. The molecule has 1 aliphatic carbocycles. The molecule has 2 aromatic rings. The second-order valence-corrected chi connectivity index (χ2v) is 7.21. The predicted octanol–water partition coefficient (Wildman–Crippen LogP) is 5.04. The van der Waals surface area contributed by atoms with Crippen molar-refractivity contribution >= 4 is 27.5 Å². The van der Waals surface area contributed by atoms with Crippen LogP contribution in [0.4, 0.5) is 5.69 Å². The van der Waals surface area contributed by atoms with Crippen molar-refractivity contribution in [3.63, 3.8) is 0 Å². The van der Waals surface area contributed by atoms with Gasteiger partial charge in [-0.25, -0.2) is 0 Å². The Kier molecular flexibility index (Phi) is 5.24. The van der Waals surface area contributed by atoms with Gasteiger partial charge in [0.15, 0.2) is 6.10 Å². The van der Waals surface area contributed by atoms with Gasteiger partial charge in [0.05, 0.1) is 0 Å². The van der Waals surface area contributed by atoms with Gasteiger partial charge in [-0.15, -0.1) is 0 Å². The quantitative estimate of drug-likeness (QED) is 0.797. The largest absolute Gasteiger partial charge is 0.481 e. The van der Waals surface area contributed by atoms with Crippen molar-refractivity contribution in [1.82, 2.24) is 0 Å². The van der Waals surface area contributed by atoms with Crippen molar-refractivity contribution in [2.45, 2.75) is 45.6 Å². The molecule has 0 saturated heterocycles. The highest BCUT2D eigenvalue weighted by molar-refractivity contribution is 9.10. The topological polar surface area (TPSA) is 38.3 Å². The Morgan fingerprint density at radius 1 is 1.12 bits per heavy atom. The van der Waals surface area contributed by atoms with E-state index >= 15 is 0 Å². The van der Waals surface area contributed by atoms with E-state index in [-0.39, 0.29) is 5.91 Å². The summed E-state index contributed by atoms with van der Waals surface area (Å²) in [6.45, 7) is 3.77. The number of fused-ring (bicyclic) bond motifs is 1. The van der Waals surface area contributed by atoms with Crippen molar-refractivity contribution in [3.05, 3.63) is 57.6 Å². The van der Waals surface area contributed by atoms with Crippen LogP contribution in [0.3, 0.4) is 0 Å². The van der Waals surface area contributed by atoms with Crippen LogP contribution in [0.25, 0.3) is 0 Å². The molecule has 126 valence electrons. The van der Waals surface area contributed by atoms with Gasteiger partial charge in [0.2, 0.25) is 0 Å². The predicted molar refractivity (Wildman–Crippen MR) is 101 cm³/mol. The molecule has 3 rings (SSSR count). The number of rotatable bonds is 4. The smallest absolute Gasteiger partial charge is 0.265 e. The third-order valence-electron chi connectivity index (χ3n) is 4.43. The Morgan fingerprint density at radius 3 is 2.62 bits per heavy atom. The first-order valence-corrected chi connectivity index (χ1v) is 9.18. The minimum atomic E-state index is -0.546. The van der Waals surface area contributed by atoms with E-state index in [1.54, 1.807) is 6.92 Å². The van der Waals surface area contributed by atoms with Crippen LogP contribution in [-0.2, 0) is 17.6 Å². The maximum absolute atomic E-state index is 12.4. The van der Waals surface area contributed by atoms with Crippen molar-refractivity contribution < 1.29 is 9.53 Å². The number of carbonyl (C=O) groups excluding carboxylic acids is 1. The zero-order valence-electron chi connectivity index (χ0n) is 14.1. The molecule has 1 atom stereocenters. The lowest BCUT2D eigenvalue weighted by Crippen LogP contribution is -2.30. The van der Waals surface area contributed by atoms with Crippen LogP contribution >= 0.6 is 15.9 Å². The molecule has 24 heavy (non-hydrogen) atoms. The molecule has 4 heteroatoms. The number of amides is 1. The Hall–Kier alpha value is -1.81. The van der Waals surface area contributed by atoms with E-state index < -0.39 is 6.10 Å². The van der Waals surface area contributed by atoms with E-state index in [2.05, 4.69) is 33.4 Å². The summed E-state index contributed by atoms with van der Waals surface area (Å²) >= 11 is 3.46. The van der Waals surface area contributed by atoms with Gasteiger partial charge in [-0.1, -0.05) is 22.0 Å². The lowest BCUT2D eigenvalue weighted by Gasteiger charge is -2.19. The van der Waals surface area contributed by atoms with Gasteiger partial charge in [0, 0.05) is 10.2 Å². The van der Waals surface area contributed by atoms with Crippen LogP contribution in [0.2, 0.25) is 0 Å². The summed E-state index contributed by atoms with van der Waals surface area (Å²) in [5.41, 5.74) is 4.63. The van der Waals surface area contributed by atoms with Gasteiger partial charge >= 0.3 is 0 Å². The summed E-state index contributed by atoms with van der Waals surface area (Å²) in [7, 11) is 0. The van der Waals surface area contributed by atoms with Crippen LogP contribution in [0.5, 0.6) is 5.75 Å². The fourth-order valence-corrected chi connectivity index (χ4v) is 3.25. The maximum atomic E-state index is 12.4. The Balaban J connectivity index is 1.64. The van der Waals surface area contributed by atoms with Crippen LogP contribution in [0.15, 0.2) is 40.9 Å². The van der Waals surface area contributed by atoms with Gasteiger partial charge in [0.25, 0.3) is 5.91 Å². The molecule has 1 N–H and O–H groups in total. The van der Waals surface area contributed by atoms with Gasteiger partial charge in [-0.3, -0.25) is 4.79 Å². The normalized spacial score (nSPS) is 14.6. The van der Waals surface area contributed by atoms with Crippen LogP contribution in [0.1, 0.15) is 36.5 Å². The van der Waals surface area contributed by atoms with Gasteiger partial charge < -0.3 is 10.1 Å². The molecule has 0 radical (unpaired) electrons. The minimum absolute atomic E-state index is 0.144. The molecule has 1 amide bonds. The highest BCUT2D eigenvalue weighted by Gasteiger charge is 2.17. The number of benzene rings is 2. The number of hydrogen-bond donors (Lipinski definition) is 1. The van der Waals surface area contributed by atoms with E-state index in [1.165, 1.54) is 24.0 Å². The average Bonchev–Trinajstić information content (AvgIpc) is 2.58. The fraction of sp³-hybridized carbons (Fsp3) is 0.350. The standard InChI is InChI=1S/C20H22BrNO2/c1-13-11-17(8-10-19(13)21)22-20(23)14(2)24-18-9-7-15-5-3-4-6-16(15)12-18/h7-12,14H,3-6H2,1-2H3,(H,22,23). The van der Waals surface area contributed by atoms with Crippen molar-refractivity contribution in [1.29, 1.82) is 0 Å². The Morgan fingerprint density at radius 2 is 1.88 bits per heavy atom. The zero-order valence-corrected chi connectivity index (χ0v) is 15.7. The van der Waals surface area contributed by atoms with Crippen molar-refractivity contribution in [2.24, 2.45) is 0 Å². The van der Waals surface area contributed by atoms with Gasteiger partial charge in [0.1, 0.15) is 5.75 Å². The number of aryl methyl sites for hydroxylation is 3. The summed E-state index contributed by atoms with van der Waals surface area (Å²) in [5.74, 6) is 0.625. The van der Waals surface area contributed by atoms with Gasteiger partial charge in [-0.05, 0) is 86.6 Å². The Labute approximate surface area is 151 Å². The average molecular weight is 388 g/mol. The number of ether oxygens (including phenoxy) is 1. The molecule has 0 spiro atoms. The molecule has 1 unspecified atom stereocenters. The number of anilines is 1. The maximum Gasteiger partial charge on any atom is 0.265 e. The summed E-state index contributed by atoms with van der Waals surface area (Å²) in [6.07, 6.45) is 4.20. The molecule has 0 saturated carbocycles. The number of hydrogen-bond acceptors (Lipinski definition) is 2. The second-order valence-electron chi connectivity index (χ2n) is 6.35. The van der Waals surface area contributed by atoms with E-state index in [0.29, 0.717) is 0 Å². The fourth-order valence-electron chi connectivity index (χ4n) is 3.01. The third kappa shape index (κ3) is 3.99. The van der Waals surface area contributed by atoms with E-state index in [1.807, 2.05) is 31.2 Å². The summed E-state index contributed by atoms with van der Waals surface area (Å²) in [5, 5.41) is 2.91. The summed E-state index contributed by atoms with van der Waals surface area (Å²) < 4.78 is 6.87. The third-order valence-corrected chi connectivity index (χ3v) is 5.32. The monoisotopic (exact) mass is 387 g/mol. The Bertz CT molecular complexity index is 757. The molecule has 2 aromatic carbocycles.